The van der Waals surface area contributed by atoms with Gasteiger partial charge in [-0.15, -0.1) is 5.10 Å². The van der Waals surface area contributed by atoms with Gasteiger partial charge in [0, 0.05) is 63.3 Å². The van der Waals surface area contributed by atoms with Crippen molar-refractivity contribution in [1.82, 2.24) is 38.9 Å². The first kappa shape index (κ1) is 26.1. The number of fused-ring (bicyclic) bond motifs is 1. The number of tetrazole rings is 1. The minimum atomic E-state index is -0.407. The van der Waals surface area contributed by atoms with Crippen molar-refractivity contribution in [3.05, 3.63) is 80.5 Å². The Bertz CT molecular complexity index is 1790. The molecule has 2 aromatic carbocycles. The number of imidazole rings is 1. The molecule has 0 amide bonds. The number of piperazine rings is 1. The number of rotatable bonds is 7. The SMILES string of the molecule is Cn1c(=O)c2c(nc(N3CCN(c4cccc(Cl)c4)CC3)n2CCSc2nnnn2-c2ccccc2)n(C)c1=O. The van der Waals surface area contributed by atoms with Gasteiger partial charge >= 0.3 is 5.69 Å². The Kier molecular flexibility index (Phi) is 7.07. The van der Waals surface area contributed by atoms with Crippen LogP contribution in [0.25, 0.3) is 16.9 Å². The van der Waals surface area contributed by atoms with E-state index in [9.17, 15) is 9.59 Å². The summed E-state index contributed by atoms with van der Waals surface area (Å²) < 4.78 is 6.18. The van der Waals surface area contributed by atoms with Crippen molar-refractivity contribution < 1.29 is 0 Å². The summed E-state index contributed by atoms with van der Waals surface area (Å²) >= 11 is 7.70. The smallest absolute Gasteiger partial charge is 0.332 e. The summed E-state index contributed by atoms with van der Waals surface area (Å²) in [4.78, 5) is 35.3. The standard InChI is InChI=1S/C26H27ClN10O2S/c1-32-22-21(23(38)33(2)26(32)39)36(15-16-40-25-29-30-31-37(25)19-8-4-3-5-9-19)24(28-22)35-13-11-34(12-14-35)20-10-6-7-18(27)17-20/h3-10,17H,11-16H2,1-2H3. The normalized spacial score (nSPS) is 13.9. The first-order valence-electron chi connectivity index (χ1n) is 12.8. The Morgan fingerprint density at radius 1 is 0.900 bits per heavy atom. The third-order valence-electron chi connectivity index (χ3n) is 7.05. The van der Waals surface area contributed by atoms with Crippen molar-refractivity contribution in [3.63, 3.8) is 0 Å². The quantitative estimate of drug-likeness (QED) is 0.268. The van der Waals surface area contributed by atoms with Gasteiger partial charge < -0.3 is 14.4 Å². The summed E-state index contributed by atoms with van der Waals surface area (Å²) in [6, 6.07) is 17.5. The second-order valence-corrected chi connectivity index (χ2v) is 11.0. The third-order valence-corrected chi connectivity index (χ3v) is 8.19. The van der Waals surface area contributed by atoms with Gasteiger partial charge in [-0.2, -0.15) is 9.67 Å². The largest absolute Gasteiger partial charge is 0.368 e. The van der Waals surface area contributed by atoms with Gasteiger partial charge in [-0.3, -0.25) is 13.9 Å². The fourth-order valence-corrected chi connectivity index (χ4v) is 5.95. The molecule has 4 heterocycles. The lowest BCUT2D eigenvalue weighted by molar-refractivity contribution is 0.622. The molecule has 1 fully saturated rings. The minimum Gasteiger partial charge on any atom is -0.368 e. The molecule has 0 N–H and O–H groups in total. The number of nitrogens with zero attached hydrogens (tertiary/aromatic N) is 10. The van der Waals surface area contributed by atoms with Gasteiger partial charge in [0.15, 0.2) is 11.2 Å². The van der Waals surface area contributed by atoms with Gasteiger partial charge in [0.2, 0.25) is 11.1 Å². The summed E-state index contributed by atoms with van der Waals surface area (Å²) in [5.41, 5.74) is 1.94. The maximum Gasteiger partial charge on any atom is 0.332 e. The number of thioether (sulfide) groups is 1. The predicted octanol–water partition coefficient (Wildman–Crippen LogP) is 2.18. The van der Waals surface area contributed by atoms with Crippen molar-refractivity contribution in [3.8, 4) is 5.69 Å². The summed E-state index contributed by atoms with van der Waals surface area (Å²) in [6.45, 7) is 3.40. The van der Waals surface area contributed by atoms with Crippen molar-refractivity contribution in [2.45, 2.75) is 11.7 Å². The van der Waals surface area contributed by atoms with Crippen LogP contribution in [0.2, 0.25) is 5.02 Å². The number of hydrogen-bond acceptors (Lipinski definition) is 9. The Labute approximate surface area is 238 Å². The van der Waals surface area contributed by atoms with Gasteiger partial charge in [0.1, 0.15) is 0 Å². The second kappa shape index (κ2) is 10.8. The molecular weight excluding hydrogens is 552 g/mol. The van der Waals surface area contributed by atoms with Crippen LogP contribution in [0.5, 0.6) is 0 Å². The summed E-state index contributed by atoms with van der Waals surface area (Å²) in [7, 11) is 3.14. The fraction of sp³-hybridized carbons (Fsp3) is 0.308. The summed E-state index contributed by atoms with van der Waals surface area (Å²) in [6.07, 6.45) is 0. The van der Waals surface area contributed by atoms with Crippen LogP contribution in [0, 0.1) is 0 Å². The summed E-state index contributed by atoms with van der Waals surface area (Å²) in [5.74, 6) is 1.25. The van der Waals surface area contributed by atoms with Gasteiger partial charge in [0.25, 0.3) is 5.56 Å². The average molecular weight is 579 g/mol. The van der Waals surface area contributed by atoms with Crippen LogP contribution in [0.4, 0.5) is 11.6 Å². The van der Waals surface area contributed by atoms with E-state index in [1.54, 1.807) is 11.7 Å². The van der Waals surface area contributed by atoms with E-state index in [0.717, 1.165) is 29.0 Å². The molecule has 0 radical (unpaired) electrons. The average Bonchev–Trinajstić information content (AvgIpc) is 3.61. The molecule has 0 atom stereocenters. The Balaban J connectivity index is 1.30. The van der Waals surface area contributed by atoms with E-state index in [-0.39, 0.29) is 5.56 Å². The van der Waals surface area contributed by atoms with E-state index in [4.69, 9.17) is 16.6 Å². The monoisotopic (exact) mass is 578 g/mol. The molecule has 5 aromatic rings. The maximum atomic E-state index is 13.3. The van der Waals surface area contributed by atoms with E-state index < -0.39 is 5.69 Å². The molecule has 6 rings (SSSR count). The zero-order valence-corrected chi connectivity index (χ0v) is 23.6. The second-order valence-electron chi connectivity index (χ2n) is 9.45. The van der Waals surface area contributed by atoms with E-state index in [2.05, 4.69) is 31.4 Å². The first-order valence-corrected chi connectivity index (χ1v) is 14.2. The molecule has 40 heavy (non-hydrogen) atoms. The summed E-state index contributed by atoms with van der Waals surface area (Å²) in [5, 5.41) is 13.5. The molecule has 1 saturated heterocycles. The highest BCUT2D eigenvalue weighted by molar-refractivity contribution is 7.99. The zero-order valence-electron chi connectivity index (χ0n) is 22.0. The lowest BCUT2D eigenvalue weighted by atomic mass is 10.2. The Morgan fingerprint density at radius 3 is 2.38 bits per heavy atom. The Morgan fingerprint density at radius 2 is 1.62 bits per heavy atom. The Hall–Kier alpha value is -4.10. The lowest BCUT2D eigenvalue weighted by Gasteiger charge is -2.36. The molecule has 0 spiro atoms. The zero-order chi connectivity index (χ0) is 27.8. The molecule has 0 aliphatic carbocycles. The molecule has 206 valence electrons. The van der Waals surface area contributed by atoms with Gasteiger partial charge in [-0.25, -0.2) is 4.79 Å². The minimum absolute atomic E-state index is 0.367. The molecule has 3 aromatic heterocycles. The lowest BCUT2D eigenvalue weighted by Crippen LogP contribution is -2.47. The van der Waals surface area contributed by atoms with Crippen LogP contribution >= 0.6 is 23.4 Å². The number of para-hydroxylation sites is 1. The fourth-order valence-electron chi connectivity index (χ4n) is 4.95. The molecular formula is C26H27ClN10O2S. The molecule has 1 aliphatic rings. The molecule has 0 unspecified atom stereocenters. The van der Waals surface area contributed by atoms with Crippen LogP contribution < -0.4 is 21.0 Å². The van der Waals surface area contributed by atoms with Gasteiger partial charge in [-0.1, -0.05) is 47.6 Å². The van der Waals surface area contributed by atoms with Crippen LogP contribution in [-0.4, -0.2) is 70.8 Å². The molecule has 14 heteroatoms. The van der Waals surface area contributed by atoms with Crippen molar-refractivity contribution in [1.29, 1.82) is 0 Å². The number of anilines is 2. The van der Waals surface area contributed by atoms with Crippen LogP contribution in [0.15, 0.2) is 69.3 Å². The highest BCUT2D eigenvalue weighted by Gasteiger charge is 2.26. The molecule has 12 nitrogen and oxygen atoms in total. The van der Waals surface area contributed by atoms with Crippen molar-refractivity contribution in [2.24, 2.45) is 14.1 Å². The molecule has 0 saturated carbocycles. The maximum absolute atomic E-state index is 13.3. The van der Waals surface area contributed by atoms with E-state index in [1.165, 1.54) is 23.4 Å². The predicted molar refractivity (Wildman–Crippen MR) is 156 cm³/mol. The van der Waals surface area contributed by atoms with E-state index >= 15 is 0 Å². The van der Waals surface area contributed by atoms with E-state index in [0.29, 0.717) is 52.7 Å². The van der Waals surface area contributed by atoms with Gasteiger partial charge in [-0.05, 0) is 40.8 Å². The number of aromatic nitrogens is 8. The van der Waals surface area contributed by atoms with Crippen molar-refractivity contribution >= 4 is 46.2 Å². The molecule has 0 bridgehead atoms. The highest BCUT2D eigenvalue weighted by Crippen LogP contribution is 2.26. The van der Waals surface area contributed by atoms with Crippen LogP contribution in [-0.2, 0) is 20.6 Å². The van der Waals surface area contributed by atoms with Crippen LogP contribution in [0.1, 0.15) is 0 Å². The van der Waals surface area contributed by atoms with Gasteiger partial charge in [0.05, 0.1) is 5.69 Å². The number of hydrogen-bond donors (Lipinski definition) is 0. The molecule has 1 aliphatic heterocycles. The van der Waals surface area contributed by atoms with E-state index in [1.807, 2.05) is 53.1 Å². The number of halogens is 1. The number of benzene rings is 2. The topological polar surface area (TPSA) is 112 Å². The third kappa shape index (κ3) is 4.75. The van der Waals surface area contributed by atoms with Crippen LogP contribution in [0.3, 0.4) is 0 Å². The number of aryl methyl sites for hydroxylation is 2. The van der Waals surface area contributed by atoms with Crippen molar-refractivity contribution in [2.75, 3.05) is 41.7 Å². The highest BCUT2D eigenvalue weighted by atomic mass is 35.5. The first-order chi connectivity index (χ1) is 19.4.